The molecule has 1 N–H and O–H groups in total. The Morgan fingerprint density at radius 2 is 2.09 bits per heavy atom. The summed E-state index contributed by atoms with van der Waals surface area (Å²) in [5.41, 5.74) is 0. The quantitative estimate of drug-likeness (QED) is 0.736. The Morgan fingerprint density at radius 3 is 2.45 bits per heavy atom. The predicted octanol–water partition coefficient (Wildman–Crippen LogP) is 1.10. The molecule has 0 aliphatic carbocycles. The maximum atomic E-state index is 10.9. The molecule has 0 aliphatic rings. The Balaban J connectivity index is 3.55. The number of alkyl halides is 1. The van der Waals surface area contributed by atoms with E-state index in [1.165, 1.54) is 0 Å². The van der Waals surface area contributed by atoms with Crippen LogP contribution in [-0.4, -0.2) is 25.5 Å². The lowest BCUT2D eigenvalue weighted by Crippen LogP contribution is -2.27. The van der Waals surface area contributed by atoms with Crippen molar-refractivity contribution in [1.29, 1.82) is 0 Å². The molecule has 0 bridgehead atoms. The van der Waals surface area contributed by atoms with Crippen LogP contribution in [-0.2, 0) is 10.0 Å². The van der Waals surface area contributed by atoms with Gasteiger partial charge in [-0.2, -0.15) is 0 Å². The molecule has 0 saturated heterocycles. The SMILES string of the molecule is CCS(=O)(=O)NCCC(C)Br. The van der Waals surface area contributed by atoms with Gasteiger partial charge in [-0.1, -0.05) is 22.9 Å². The molecule has 0 aromatic carbocycles. The molecule has 3 nitrogen and oxygen atoms in total. The molecule has 0 spiro atoms. The van der Waals surface area contributed by atoms with Gasteiger partial charge in [-0.15, -0.1) is 0 Å². The van der Waals surface area contributed by atoms with E-state index in [4.69, 9.17) is 0 Å². The lowest BCUT2D eigenvalue weighted by molar-refractivity contribution is 0.580. The van der Waals surface area contributed by atoms with Gasteiger partial charge < -0.3 is 0 Å². The fourth-order valence-corrected chi connectivity index (χ4v) is 1.38. The van der Waals surface area contributed by atoms with Gasteiger partial charge in [-0.25, -0.2) is 13.1 Å². The molecule has 0 saturated carbocycles. The van der Waals surface area contributed by atoms with Crippen molar-refractivity contribution in [2.45, 2.75) is 25.1 Å². The van der Waals surface area contributed by atoms with Gasteiger partial charge in [-0.05, 0) is 13.3 Å². The third kappa shape index (κ3) is 6.77. The average Bonchev–Trinajstić information content (AvgIpc) is 1.87. The van der Waals surface area contributed by atoms with Crippen molar-refractivity contribution in [1.82, 2.24) is 4.72 Å². The van der Waals surface area contributed by atoms with Crippen LogP contribution in [0.1, 0.15) is 20.3 Å². The van der Waals surface area contributed by atoms with Crippen LogP contribution in [0, 0.1) is 0 Å². The van der Waals surface area contributed by atoms with Crippen molar-refractivity contribution in [3.8, 4) is 0 Å². The highest BCUT2D eigenvalue weighted by molar-refractivity contribution is 9.09. The number of halogens is 1. The summed E-state index contributed by atoms with van der Waals surface area (Å²) in [6.45, 7) is 4.13. The molecule has 0 fully saturated rings. The molecule has 5 heteroatoms. The molecule has 0 aromatic rings. The molecule has 0 amide bonds. The van der Waals surface area contributed by atoms with Crippen molar-refractivity contribution >= 4 is 26.0 Å². The van der Waals surface area contributed by atoms with Gasteiger partial charge in [0.25, 0.3) is 0 Å². The highest BCUT2D eigenvalue weighted by Gasteiger charge is 2.05. The molecule has 11 heavy (non-hydrogen) atoms. The fourth-order valence-electron chi connectivity index (χ4n) is 0.515. The molecular formula is C6H14BrNO2S. The minimum Gasteiger partial charge on any atom is -0.215 e. The second kappa shape index (κ2) is 5.11. The normalized spacial score (nSPS) is 14.8. The lowest BCUT2D eigenvalue weighted by Gasteiger charge is -2.04. The first kappa shape index (κ1) is 11.4. The van der Waals surface area contributed by atoms with Gasteiger partial charge in [0.2, 0.25) is 10.0 Å². The number of sulfonamides is 1. The Hall–Kier alpha value is 0.390. The van der Waals surface area contributed by atoms with Gasteiger partial charge in [0, 0.05) is 11.4 Å². The van der Waals surface area contributed by atoms with Crippen LogP contribution < -0.4 is 4.72 Å². The smallest absolute Gasteiger partial charge is 0.211 e. The number of hydrogen-bond acceptors (Lipinski definition) is 2. The molecule has 0 aliphatic heterocycles. The van der Waals surface area contributed by atoms with Crippen LogP contribution in [0.2, 0.25) is 0 Å². The second-order valence-electron chi connectivity index (χ2n) is 2.37. The lowest BCUT2D eigenvalue weighted by atomic mass is 10.3. The zero-order valence-corrected chi connectivity index (χ0v) is 9.20. The third-order valence-corrected chi connectivity index (χ3v) is 3.11. The van der Waals surface area contributed by atoms with Gasteiger partial charge >= 0.3 is 0 Å². The van der Waals surface area contributed by atoms with E-state index in [1.807, 2.05) is 6.92 Å². The number of hydrogen-bond donors (Lipinski definition) is 1. The third-order valence-electron chi connectivity index (χ3n) is 1.24. The molecule has 0 rings (SSSR count). The molecule has 0 aromatic heterocycles. The summed E-state index contributed by atoms with van der Waals surface area (Å²) in [7, 11) is -2.99. The maximum absolute atomic E-state index is 10.9. The standard InChI is InChI=1S/C6H14BrNO2S/c1-3-11(9,10)8-5-4-6(2)7/h6,8H,3-5H2,1-2H3. The van der Waals surface area contributed by atoms with E-state index in [2.05, 4.69) is 20.7 Å². The minimum absolute atomic E-state index is 0.156. The first-order chi connectivity index (χ1) is 4.98. The molecule has 68 valence electrons. The van der Waals surface area contributed by atoms with Crippen LogP contribution in [0.5, 0.6) is 0 Å². The van der Waals surface area contributed by atoms with Gasteiger partial charge in [0.15, 0.2) is 0 Å². The van der Waals surface area contributed by atoms with Crippen molar-refractivity contribution in [3.05, 3.63) is 0 Å². The molecular weight excluding hydrogens is 230 g/mol. The van der Waals surface area contributed by atoms with E-state index in [9.17, 15) is 8.42 Å². The van der Waals surface area contributed by atoms with Crippen LogP contribution in [0.3, 0.4) is 0 Å². The van der Waals surface area contributed by atoms with Crippen molar-refractivity contribution in [3.63, 3.8) is 0 Å². The van der Waals surface area contributed by atoms with E-state index in [1.54, 1.807) is 6.92 Å². The summed E-state index contributed by atoms with van der Waals surface area (Å²) in [4.78, 5) is 0.363. The van der Waals surface area contributed by atoms with Crippen LogP contribution in [0.15, 0.2) is 0 Å². The molecule has 0 heterocycles. The Morgan fingerprint density at radius 1 is 1.55 bits per heavy atom. The number of nitrogens with one attached hydrogen (secondary N) is 1. The Labute approximate surface area is 76.7 Å². The summed E-state index contributed by atoms with van der Waals surface area (Å²) >= 11 is 3.33. The fraction of sp³-hybridized carbons (Fsp3) is 1.00. The van der Waals surface area contributed by atoms with Gasteiger partial charge in [0.1, 0.15) is 0 Å². The van der Waals surface area contributed by atoms with E-state index in [-0.39, 0.29) is 5.75 Å². The number of rotatable bonds is 5. The van der Waals surface area contributed by atoms with Crippen molar-refractivity contribution in [2.75, 3.05) is 12.3 Å². The van der Waals surface area contributed by atoms with Crippen LogP contribution >= 0.6 is 15.9 Å². The van der Waals surface area contributed by atoms with Gasteiger partial charge in [0.05, 0.1) is 5.75 Å². The highest BCUT2D eigenvalue weighted by Crippen LogP contribution is 2.01. The Kier molecular flexibility index (Phi) is 5.29. The van der Waals surface area contributed by atoms with Crippen LogP contribution in [0.4, 0.5) is 0 Å². The summed E-state index contributed by atoms with van der Waals surface area (Å²) in [6, 6.07) is 0. The van der Waals surface area contributed by atoms with E-state index < -0.39 is 10.0 Å². The topological polar surface area (TPSA) is 46.2 Å². The molecule has 1 atom stereocenters. The largest absolute Gasteiger partial charge is 0.215 e. The summed E-state index contributed by atoms with van der Waals surface area (Å²) in [5, 5.41) is 0. The molecule has 0 radical (unpaired) electrons. The van der Waals surface area contributed by atoms with E-state index in [0.717, 1.165) is 6.42 Å². The van der Waals surface area contributed by atoms with Gasteiger partial charge in [-0.3, -0.25) is 0 Å². The summed E-state index contributed by atoms with van der Waals surface area (Å²) in [6.07, 6.45) is 0.819. The van der Waals surface area contributed by atoms with E-state index in [0.29, 0.717) is 11.4 Å². The zero-order chi connectivity index (χ0) is 8.91. The first-order valence-electron chi connectivity index (χ1n) is 3.59. The van der Waals surface area contributed by atoms with Crippen LogP contribution in [0.25, 0.3) is 0 Å². The second-order valence-corrected chi connectivity index (χ2v) is 6.03. The Bertz CT molecular complexity index is 189. The minimum atomic E-state index is -2.99. The maximum Gasteiger partial charge on any atom is 0.211 e. The molecule has 1 unspecified atom stereocenters. The van der Waals surface area contributed by atoms with E-state index >= 15 is 0 Å². The summed E-state index contributed by atoms with van der Waals surface area (Å²) in [5.74, 6) is 0.156. The average molecular weight is 244 g/mol. The van der Waals surface area contributed by atoms with Crippen molar-refractivity contribution < 1.29 is 8.42 Å². The highest BCUT2D eigenvalue weighted by atomic mass is 79.9. The zero-order valence-electron chi connectivity index (χ0n) is 6.80. The predicted molar refractivity (Wildman–Crippen MR) is 50.5 cm³/mol. The summed E-state index contributed by atoms with van der Waals surface area (Å²) < 4.78 is 24.2. The monoisotopic (exact) mass is 243 g/mol. The van der Waals surface area contributed by atoms with Crippen molar-refractivity contribution in [2.24, 2.45) is 0 Å². The first-order valence-corrected chi connectivity index (χ1v) is 6.16.